The van der Waals surface area contributed by atoms with Crippen LogP contribution in [0, 0.1) is 0 Å². The van der Waals surface area contributed by atoms with Crippen molar-refractivity contribution in [3.05, 3.63) is 40.3 Å². The van der Waals surface area contributed by atoms with Crippen LogP contribution in [0.1, 0.15) is 24.0 Å². The van der Waals surface area contributed by atoms with Crippen LogP contribution in [-0.2, 0) is 13.1 Å². The largest absolute Gasteiger partial charge is 0.333 e. The third kappa shape index (κ3) is 2.52. The molecule has 2 heterocycles. The number of hydrogen-bond donors (Lipinski definition) is 1. The van der Waals surface area contributed by atoms with E-state index in [2.05, 4.69) is 31.7 Å². The van der Waals surface area contributed by atoms with Gasteiger partial charge in [0.25, 0.3) is 0 Å². The van der Waals surface area contributed by atoms with Gasteiger partial charge in [-0.3, -0.25) is 0 Å². The summed E-state index contributed by atoms with van der Waals surface area (Å²) >= 11 is 1.73. The van der Waals surface area contributed by atoms with Gasteiger partial charge < -0.3 is 10.6 Å². The molecule has 1 aliphatic carbocycles. The van der Waals surface area contributed by atoms with Gasteiger partial charge in [0, 0.05) is 37.1 Å². The third-order valence-electron chi connectivity index (χ3n) is 3.10. The van der Waals surface area contributed by atoms with Gasteiger partial charge in [-0.2, -0.15) is 11.3 Å². The summed E-state index contributed by atoms with van der Waals surface area (Å²) in [6, 6.07) is 2.77. The Balaban J connectivity index is 1.80. The molecule has 0 unspecified atom stereocenters. The predicted octanol–water partition coefficient (Wildman–Crippen LogP) is 2.17. The second kappa shape index (κ2) is 5.04. The smallest absolute Gasteiger partial charge is 0.225 e. The van der Waals surface area contributed by atoms with Crippen LogP contribution in [0.5, 0.6) is 0 Å². The van der Waals surface area contributed by atoms with E-state index in [1.807, 2.05) is 12.4 Å². The summed E-state index contributed by atoms with van der Waals surface area (Å²) in [5, 5.41) is 4.29. The first kappa shape index (κ1) is 11.6. The summed E-state index contributed by atoms with van der Waals surface area (Å²) in [6.45, 7) is 1.39. The Kier molecular flexibility index (Phi) is 3.25. The molecule has 2 aromatic rings. The van der Waals surface area contributed by atoms with Crippen LogP contribution in [0.4, 0.5) is 5.95 Å². The minimum atomic E-state index is 0.494. The number of hydrogen-bond acceptors (Lipinski definition) is 5. The maximum Gasteiger partial charge on any atom is 0.225 e. The van der Waals surface area contributed by atoms with Gasteiger partial charge >= 0.3 is 0 Å². The highest BCUT2D eigenvalue weighted by Gasteiger charge is 2.30. The molecule has 1 fully saturated rings. The summed E-state index contributed by atoms with van der Waals surface area (Å²) in [6.07, 6.45) is 6.13. The first-order chi connectivity index (χ1) is 8.86. The van der Waals surface area contributed by atoms with Crippen molar-refractivity contribution in [2.45, 2.75) is 32.0 Å². The lowest BCUT2D eigenvalue weighted by Gasteiger charge is -2.21. The van der Waals surface area contributed by atoms with E-state index in [9.17, 15) is 0 Å². The summed E-state index contributed by atoms with van der Waals surface area (Å²) in [7, 11) is 0. The van der Waals surface area contributed by atoms with Gasteiger partial charge in [0.2, 0.25) is 5.95 Å². The average molecular weight is 260 g/mol. The normalized spacial score (nSPS) is 14.7. The number of rotatable bonds is 5. The summed E-state index contributed by atoms with van der Waals surface area (Å²) in [4.78, 5) is 11.2. The van der Waals surface area contributed by atoms with Crippen LogP contribution in [0.15, 0.2) is 29.2 Å². The molecule has 4 nitrogen and oxygen atoms in total. The molecule has 2 N–H and O–H groups in total. The molecule has 1 saturated carbocycles. The summed E-state index contributed by atoms with van der Waals surface area (Å²) in [5.74, 6) is 0.820. The molecule has 0 bridgehead atoms. The van der Waals surface area contributed by atoms with E-state index in [0.29, 0.717) is 12.6 Å². The minimum absolute atomic E-state index is 0.494. The molecule has 0 spiro atoms. The average Bonchev–Trinajstić information content (AvgIpc) is 3.13. The monoisotopic (exact) mass is 260 g/mol. The molecule has 5 heteroatoms. The number of anilines is 1. The van der Waals surface area contributed by atoms with Gasteiger partial charge in [0.1, 0.15) is 0 Å². The highest BCUT2D eigenvalue weighted by Crippen LogP contribution is 2.31. The molecule has 94 valence electrons. The second-order valence-corrected chi connectivity index (χ2v) is 5.37. The Bertz CT molecular complexity index is 490. The van der Waals surface area contributed by atoms with Crippen LogP contribution < -0.4 is 10.6 Å². The van der Waals surface area contributed by atoms with E-state index in [4.69, 9.17) is 5.73 Å². The SMILES string of the molecule is NCc1cnc(N(Cc2ccsc2)C2CC2)nc1. The summed E-state index contributed by atoms with van der Waals surface area (Å²) in [5.41, 5.74) is 7.87. The van der Waals surface area contributed by atoms with Crippen LogP contribution >= 0.6 is 11.3 Å². The van der Waals surface area contributed by atoms with Crippen molar-refractivity contribution in [3.63, 3.8) is 0 Å². The van der Waals surface area contributed by atoms with Gasteiger partial charge in [0.15, 0.2) is 0 Å². The predicted molar refractivity (Wildman–Crippen MR) is 73.4 cm³/mol. The van der Waals surface area contributed by atoms with Crippen molar-refractivity contribution in [1.29, 1.82) is 0 Å². The van der Waals surface area contributed by atoms with E-state index in [1.54, 1.807) is 11.3 Å². The zero-order valence-corrected chi connectivity index (χ0v) is 10.9. The molecule has 3 rings (SSSR count). The Morgan fingerprint density at radius 3 is 2.61 bits per heavy atom. The fraction of sp³-hybridized carbons (Fsp3) is 0.385. The maximum absolute atomic E-state index is 5.57. The van der Waals surface area contributed by atoms with Crippen LogP contribution in [0.3, 0.4) is 0 Å². The fourth-order valence-corrected chi connectivity index (χ4v) is 2.59. The Morgan fingerprint density at radius 2 is 2.06 bits per heavy atom. The number of nitrogens with two attached hydrogens (primary N) is 1. The third-order valence-corrected chi connectivity index (χ3v) is 3.84. The number of thiophene rings is 1. The number of aromatic nitrogens is 2. The topological polar surface area (TPSA) is 55.0 Å². The van der Waals surface area contributed by atoms with E-state index in [-0.39, 0.29) is 0 Å². The quantitative estimate of drug-likeness (QED) is 0.895. The molecule has 0 aliphatic heterocycles. The van der Waals surface area contributed by atoms with Crippen molar-refractivity contribution in [3.8, 4) is 0 Å². The van der Waals surface area contributed by atoms with Crippen LogP contribution in [0.25, 0.3) is 0 Å². The summed E-state index contributed by atoms with van der Waals surface area (Å²) < 4.78 is 0. The molecule has 0 atom stereocenters. The van der Waals surface area contributed by atoms with Crippen molar-refractivity contribution in [2.24, 2.45) is 5.73 Å². The van der Waals surface area contributed by atoms with Gasteiger partial charge in [-0.15, -0.1) is 0 Å². The van der Waals surface area contributed by atoms with Gasteiger partial charge in [-0.1, -0.05) is 0 Å². The van der Waals surface area contributed by atoms with Crippen molar-refractivity contribution in [1.82, 2.24) is 9.97 Å². The Hall–Kier alpha value is -1.46. The first-order valence-electron chi connectivity index (χ1n) is 6.15. The second-order valence-electron chi connectivity index (χ2n) is 4.59. The fourth-order valence-electron chi connectivity index (χ4n) is 1.93. The molecule has 0 saturated heterocycles. The van der Waals surface area contributed by atoms with Gasteiger partial charge in [0.05, 0.1) is 0 Å². The molecular formula is C13H16N4S. The van der Waals surface area contributed by atoms with Gasteiger partial charge in [-0.25, -0.2) is 9.97 Å². The van der Waals surface area contributed by atoms with E-state index in [1.165, 1.54) is 18.4 Å². The van der Waals surface area contributed by atoms with E-state index < -0.39 is 0 Å². The highest BCUT2D eigenvalue weighted by atomic mass is 32.1. The van der Waals surface area contributed by atoms with Crippen LogP contribution in [0.2, 0.25) is 0 Å². The lowest BCUT2D eigenvalue weighted by Crippen LogP contribution is -2.26. The zero-order chi connectivity index (χ0) is 12.4. The maximum atomic E-state index is 5.57. The molecular weight excluding hydrogens is 244 g/mol. The van der Waals surface area contributed by atoms with Crippen molar-refractivity contribution >= 4 is 17.3 Å². The molecule has 0 radical (unpaired) electrons. The highest BCUT2D eigenvalue weighted by molar-refractivity contribution is 7.07. The van der Waals surface area contributed by atoms with Crippen molar-refractivity contribution in [2.75, 3.05) is 4.90 Å². The van der Waals surface area contributed by atoms with E-state index in [0.717, 1.165) is 18.1 Å². The standard InChI is InChI=1S/C13H16N4S/c14-5-11-6-15-13(16-7-11)17(12-1-2-12)8-10-3-4-18-9-10/h3-4,6-7,9,12H,1-2,5,8,14H2. The van der Waals surface area contributed by atoms with E-state index >= 15 is 0 Å². The lowest BCUT2D eigenvalue weighted by atomic mass is 10.3. The Labute approximate surface area is 110 Å². The molecule has 18 heavy (non-hydrogen) atoms. The molecule has 1 aliphatic rings. The first-order valence-corrected chi connectivity index (χ1v) is 7.10. The molecule has 0 amide bonds. The lowest BCUT2D eigenvalue weighted by molar-refractivity contribution is 0.757. The number of nitrogens with zero attached hydrogens (tertiary/aromatic N) is 3. The molecule has 0 aromatic carbocycles. The van der Waals surface area contributed by atoms with Crippen LogP contribution in [-0.4, -0.2) is 16.0 Å². The molecule has 2 aromatic heterocycles. The Morgan fingerprint density at radius 1 is 1.28 bits per heavy atom. The zero-order valence-electron chi connectivity index (χ0n) is 10.1. The minimum Gasteiger partial charge on any atom is -0.333 e. The van der Waals surface area contributed by atoms with Gasteiger partial charge in [-0.05, 0) is 35.2 Å². The van der Waals surface area contributed by atoms with Crippen molar-refractivity contribution < 1.29 is 0 Å².